The Bertz CT molecular complexity index is 432. The number of hydrogen-bond donors (Lipinski definition) is 2. The second-order valence-corrected chi connectivity index (χ2v) is 5.37. The number of hydrogen-bond acceptors (Lipinski definition) is 4. The van der Waals surface area contributed by atoms with Crippen LogP contribution in [0.15, 0.2) is 11.1 Å². The van der Waals surface area contributed by atoms with Crippen molar-refractivity contribution in [3.05, 3.63) is 20.3 Å². The molecule has 6 heteroatoms. The van der Waals surface area contributed by atoms with E-state index in [0.29, 0.717) is 16.2 Å². The molecule has 0 saturated carbocycles. The summed E-state index contributed by atoms with van der Waals surface area (Å²) >= 11 is 2.07. The van der Waals surface area contributed by atoms with Gasteiger partial charge in [-0.05, 0) is 54.8 Å². The smallest absolute Gasteiger partial charge is 0.266 e. The number of rotatable bonds is 3. The van der Waals surface area contributed by atoms with Gasteiger partial charge in [-0.2, -0.15) is 0 Å². The van der Waals surface area contributed by atoms with Crippen molar-refractivity contribution in [1.29, 1.82) is 0 Å². The van der Waals surface area contributed by atoms with Crippen molar-refractivity contribution >= 4 is 28.4 Å². The Morgan fingerprint density at radius 1 is 1.59 bits per heavy atom. The summed E-state index contributed by atoms with van der Waals surface area (Å²) in [7, 11) is 0. The third kappa shape index (κ3) is 2.79. The predicted molar refractivity (Wildman–Crippen MR) is 76.2 cm³/mol. The van der Waals surface area contributed by atoms with Gasteiger partial charge in [0.25, 0.3) is 5.56 Å². The molecule has 2 heterocycles. The Morgan fingerprint density at radius 3 is 3.18 bits per heavy atom. The quantitative estimate of drug-likeness (QED) is 0.802. The largest absolute Gasteiger partial charge is 0.352 e. The Kier molecular flexibility index (Phi) is 4.38. The molecule has 1 fully saturated rings. The molecule has 3 N–H and O–H groups in total. The van der Waals surface area contributed by atoms with Crippen LogP contribution < -0.4 is 16.2 Å². The highest BCUT2D eigenvalue weighted by Gasteiger charge is 2.25. The van der Waals surface area contributed by atoms with Gasteiger partial charge in [0.1, 0.15) is 9.39 Å². The van der Waals surface area contributed by atoms with E-state index in [0.717, 1.165) is 31.6 Å². The lowest BCUT2D eigenvalue weighted by atomic mass is 9.99. The predicted octanol–water partition coefficient (Wildman–Crippen LogP) is 1.08. The molecule has 0 radical (unpaired) electrons. The number of anilines is 1. The first-order valence-corrected chi connectivity index (χ1v) is 7.02. The molecule has 94 valence electrons. The van der Waals surface area contributed by atoms with Crippen molar-refractivity contribution in [2.75, 3.05) is 18.0 Å². The fourth-order valence-corrected chi connectivity index (χ4v) is 2.95. The minimum Gasteiger partial charge on any atom is -0.352 e. The van der Waals surface area contributed by atoms with Crippen LogP contribution in [0.3, 0.4) is 0 Å². The molecule has 1 aliphatic heterocycles. The Labute approximate surface area is 114 Å². The van der Waals surface area contributed by atoms with E-state index in [2.05, 4.69) is 37.5 Å². The fraction of sp³-hybridized carbons (Fsp3) is 0.636. The van der Waals surface area contributed by atoms with Gasteiger partial charge < -0.3 is 15.6 Å². The lowest BCUT2D eigenvalue weighted by Crippen LogP contribution is -2.42. The zero-order valence-corrected chi connectivity index (χ0v) is 11.8. The minimum absolute atomic E-state index is 0.0623. The van der Waals surface area contributed by atoms with Gasteiger partial charge >= 0.3 is 0 Å². The summed E-state index contributed by atoms with van der Waals surface area (Å²) in [6, 6.07) is 0.427. The van der Waals surface area contributed by atoms with Gasteiger partial charge in [0.05, 0.1) is 6.33 Å². The van der Waals surface area contributed by atoms with Crippen molar-refractivity contribution in [3.8, 4) is 0 Å². The van der Waals surface area contributed by atoms with Crippen LogP contribution in [0.5, 0.6) is 0 Å². The van der Waals surface area contributed by atoms with Crippen LogP contribution in [0.4, 0.5) is 5.82 Å². The molecule has 1 aliphatic rings. The van der Waals surface area contributed by atoms with Crippen LogP contribution in [-0.2, 0) is 0 Å². The van der Waals surface area contributed by atoms with E-state index >= 15 is 0 Å². The van der Waals surface area contributed by atoms with Gasteiger partial charge in [0, 0.05) is 12.6 Å². The highest BCUT2D eigenvalue weighted by atomic mass is 127. The molecule has 0 bridgehead atoms. The molecule has 1 aromatic heterocycles. The van der Waals surface area contributed by atoms with Crippen LogP contribution in [0.2, 0.25) is 0 Å². The van der Waals surface area contributed by atoms with Crippen LogP contribution in [-0.4, -0.2) is 29.1 Å². The minimum atomic E-state index is -0.0623. The third-order valence-electron chi connectivity index (χ3n) is 3.18. The molecule has 17 heavy (non-hydrogen) atoms. The maximum atomic E-state index is 11.6. The van der Waals surface area contributed by atoms with Crippen molar-refractivity contribution in [2.45, 2.75) is 31.7 Å². The molecule has 1 atom stereocenters. The number of piperidine rings is 1. The molecule has 0 amide bonds. The van der Waals surface area contributed by atoms with Crippen LogP contribution in [0, 0.1) is 3.57 Å². The van der Waals surface area contributed by atoms with Gasteiger partial charge in [-0.15, -0.1) is 0 Å². The summed E-state index contributed by atoms with van der Waals surface area (Å²) in [5, 5.41) is 0. The lowest BCUT2D eigenvalue weighted by molar-refractivity contribution is 0.438. The Hall–Kier alpha value is -0.630. The van der Waals surface area contributed by atoms with E-state index in [1.807, 2.05) is 0 Å². The number of nitrogens with one attached hydrogen (secondary N) is 1. The molecule has 1 unspecified atom stereocenters. The van der Waals surface area contributed by atoms with E-state index in [1.54, 1.807) is 0 Å². The molecule has 0 spiro atoms. The Balaban J connectivity index is 2.29. The number of halogens is 1. The first-order chi connectivity index (χ1) is 8.24. The zero-order valence-electron chi connectivity index (χ0n) is 9.66. The maximum absolute atomic E-state index is 11.6. The van der Waals surface area contributed by atoms with E-state index in [4.69, 9.17) is 5.73 Å². The van der Waals surface area contributed by atoms with Crippen molar-refractivity contribution < 1.29 is 0 Å². The number of aromatic amines is 1. The SMILES string of the molecule is NCCC1CCCCN1c1nc[nH]c(=O)c1I. The zero-order chi connectivity index (χ0) is 12.3. The maximum Gasteiger partial charge on any atom is 0.266 e. The first kappa shape index (κ1) is 12.8. The molecule has 1 saturated heterocycles. The molecule has 5 nitrogen and oxygen atoms in total. The fourth-order valence-electron chi connectivity index (χ4n) is 2.35. The number of H-pyrrole nitrogens is 1. The summed E-state index contributed by atoms with van der Waals surface area (Å²) < 4.78 is 0.675. The highest BCUT2D eigenvalue weighted by molar-refractivity contribution is 14.1. The van der Waals surface area contributed by atoms with E-state index in [1.165, 1.54) is 12.7 Å². The summed E-state index contributed by atoms with van der Waals surface area (Å²) in [6.45, 7) is 1.65. The van der Waals surface area contributed by atoms with Gasteiger partial charge in [0.15, 0.2) is 0 Å². The van der Waals surface area contributed by atoms with Gasteiger partial charge in [0.2, 0.25) is 0 Å². The van der Waals surface area contributed by atoms with Gasteiger partial charge in [-0.3, -0.25) is 4.79 Å². The number of aromatic nitrogens is 2. The second kappa shape index (κ2) is 5.81. The average molecular weight is 348 g/mol. The highest BCUT2D eigenvalue weighted by Crippen LogP contribution is 2.26. The van der Waals surface area contributed by atoms with Gasteiger partial charge in [-0.25, -0.2) is 4.98 Å². The third-order valence-corrected chi connectivity index (χ3v) is 4.15. The van der Waals surface area contributed by atoms with E-state index < -0.39 is 0 Å². The molecule has 0 aromatic carbocycles. The van der Waals surface area contributed by atoms with E-state index in [9.17, 15) is 4.79 Å². The average Bonchev–Trinajstić information content (AvgIpc) is 2.34. The second-order valence-electron chi connectivity index (χ2n) is 4.29. The number of nitrogens with zero attached hydrogens (tertiary/aromatic N) is 2. The number of nitrogens with two attached hydrogens (primary N) is 1. The van der Waals surface area contributed by atoms with Crippen molar-refractivity contribution in [2.24, 2.45) is 5.73 Å². The van der Waals surface area contributed by atoms with E-state index in [-0.39, 0.29) is 5.56 Å². The standard InChI is InChI=1S/C11H17IN4O/c12-9-10(14-7-15-11(9)17)16-6-2-1-3-8(16)4-5-13/h7-8H,1-6,13H2,(H,14,15,17). The molecular formula is C11H17IN4O. The van der Waals surface area contributed by atoms with Crippen molar-refractivity contribution in [1.82, 2.24) is 9.97 Å². The van der Waals surface area contributed by atoms with Crippen LogP contribution in [0.1, 0.15) is 25.7 Å². The van der Waals surface area contributed by atoms with Crippen LogP contribution >= 0.6 is 22.6 Å². The molecule has 1 aromatic rings. The summed E-state index contributed by atoms with van der Waals surface area (Å²) in [4.78, 5) is 20.8. The Morgan fingerprint density at radius 2 is 2.41 bits per heavy atom. The summed E-state index contributed by atoms with van der Waals surface area (Å²) in [5.74, 6) is 0.813. The summed E-state index contributed by atoms with van der Waals surface area (Å²) in [5.41, 5.74) is 5.59. The van der Waals surface area contributed by atoms with Gasteiger partial charge in [-0.1, -0.05) is 0 Å². The van der Waals surface area contributed by atoms with Crippen molar-refractivity contribution in [3.63, 3.8) is 0 Å². The summed E-state index contributed by atoms with van der Waals surface area (Å²) in [6.07, 6.45) is 5.98. The normalized spacial score (nSPS) is 20.6. The molecule has 0 aliphatic carbocycles. The first-order valence-electron chi connectivity index (χ1n) is 5.94. The monoisotopic (exact) mass is 348 g/mol. The topological polar surface area (TPSA) is 75.0 Å². The lowest BCUT2D eigenvalue weighted by Gasteiger charge is -2.36. The molecular weight excluding hydrogens is 331 g/mol. The molecule has 2 rings (SSSR count). The van der Waals surface area contributed by atoms with Crippen LogP contribution in [0.25, 0.3) is 0 Å².